The third-order valence-corrected chi connectivity index (χ3v) is 5.29. The molecule has 0 aliphatic carbocycles. The number of carboxylic acid groups (broad SMARTS) is 2. The lowest BCUT2D eigenvalue weighted by Crippen LogP contribution is -2.31. The summed E-state index contributed by atoms with van der Waals surface area (Å²) in [6.45, 7) is 2.40. The van der Waals surface area contributed by atoms with Crippen LogP contribution in [-0.2, 0) is 19.1 Å². The maximum Gasteiger partial charge on any atom is 0.414 e. The molecule has 1 unspecified atom stereocenters. The van der Waals surface area contributed by atoms with Gasteiger partial charge < -0.3 is 39.2 Å². The van der Waals surface area contributed by atoms with Gasteiger partial charge in [0.05, 0.1) is 26.9 Å². The molecular formula is C26H29NO9. The van der Waals surface area contributed by atoms with Crippen LogP contribution in [0.4, 0.5) is 0 Å². The molecule has 1 fully saturated rings. The molecule has 4 rings (SSSR count). The second-order valence-corrected chi connectivity index (χ2v) is 7.65. The summed E-state index contributed by atoms with van der Waals surface area (Å²) in [7, 11) is 3.23. The summed E-state index contributed by atoms with van der Waals surface area (Å²) < 4.78 is 28.6. The zero-order valence-electron chi connectivity index (χ0n) is 20.0. The zero-order chi connectivity index (χ0) is 25.9. The molecule has 1 aliphatic heterocycles. The summed E-state index contributed by atoms with van der Waals surface area (Å²) in [5, 5.41) is 20.5. The average Bonchev–Trinajstić information content (AvgIpc) is 3.37. The van der Waals surface area contributed by atoms with E-state index in [1.807, 2.05) is 36.4 Å². The first-order valence-corrected chi connectivity index (χ1v) is 11.2. The van der Waals surface area contributed by atoms with Crippen molar-refractivity contribution >= 4 is 22.7 Å². The molecule has 3 aromatic carbocycles. The van der Waals surface area contributed by atoms with E-state index in [2.05, 4.69) is 29.6 Å². The molecule has 10 heteroatoms. The summed E-state index contributed by atoms with van der Waals surface area (Å²) in [6.07, 6.45) is -0.341. The van der Waals surface area contributed by atoms with Gasteiger partial charge in [0.1, 0.15) is 6.61 Å². The monoisotopic (exact) mass is 499 g/mol. The van der Waals surface area contributed by atoms with E-state index in [0.717, 1.165) is 10.9 Å². The van der Waals surface area contributed by atoms with Gasteiger partial charge in [-0.05, 0) is 22.9 Å². The number of carboxylic acids is 2. The van der Waals surface area contributed by atoms with Crippen LogP contribution in [-0.4, -0.2) is 68.8 Å². The predicted molar refractivity (Wildman–Crippen MR) is 131 cm³/mol. The van der Waals surface area contributed by atoms with E-state index in [-0.39, 0.29) is 12.4 Å². The molecule has 1 saturated heterocycles. The van der Waals surface area contributed by atoms with Crippen LogP contribution < -0.4 is 19.5 Å². The fraction of sp³-hybridized carbons (Fsp3) is 0.308. The van der Waals surface area contributed by atoms with Crippen molar-refractivity contribution in [2.75, 3.05) is 40.5 Å². The molecular weight excluding hydrogens is 470 g/mol. The van der Waals surface area contributed by atoms with Crippen molar-refractivity contribution in [3.05, 3.63) is 66.2 Å². The lowest BCUT2D eigenvalue weighted by molar-refractivity contribution is -0.159. The smallest absolute Gasteiger partial charge is 0.414 e. The van der Waals surface area contributed by atoms with Crippen LogP contribution in [0.15, 0.2) is 60.7 Å². The van der Waals surface area contributed by atoms with Crippen molar-refractivity contribution in [3.63, 3.8) is 0 Å². The van der Waals surface area contributed by atoms with E-state index >= 15 is 0 Å². The van der Waals surface area contributed by atoms with Gasteiger partial charge in [-0.1, -0.05) is 48.5 Å². The highest BCUT2D eigenvalue weighted by Gasteiger charge is 2.28. The Kier molecular flexibility index (Phi) is 9.87. The van der Waals surface area contributed by atoms with Gasteiger partial charge in [0.15, 0.2) is 17.8 Å². The molecule has 2 atom stereocenters. The highest BCUT2D eigenvalue weighted by Crippen LogP contribution is 2.36. The lowest BCUT2D eigenvalue weighted by Gasteiger charge is -2.16. The Morgan fingerprint density at radius 3 is 2.25 bits per heavy atom. The Morgan fingerprint density at radius 1 is 0.944 bits per heavy atom. The first-order valence-electron chi connectivity index (χ1n) is 11.2. The first-order chi connectivity index (χ1) is 17.4. The van der Waals surface area contributed by atoms with Crippen molar-refractivity contribution in [2.24, 2.45) is 0 Å². The molecule has 3 N–H and O–H groups in total. The summed E-state index contributed by atoms with van der Waals surface area (Å²) in [6, 6.07) is 20.1. The van der Waals surface area contributed by atoms with E-state index < -0.39 is 11.9 Å². The summed E-state index contributed by atoms with van der Waals surface area (Å²) >= 11 is 0. The first kappa shape index (κ1) is 26.7. The van der Waals surface area contributed by atoms with Crippen LogP contribution in [0.5, 0.6) is 17.2 Å². The summed E-state index contributed by atoms with van der Waals surface area (Å²) in [5.41, 5.74) is 1.07. The van der Waals surface area contributed by atoms with Crippen LogP contribution in [0, 0.1) is 0 Å². The normalized spacial score (nSPS) is 16.6. The standard InChI is InChI=1S/C24H27NO5.C2H2O4/c1-26-21-11-6-12-22(27-2)23(21)28-14-13-25-15-18-16-29-24(30-18)20-10-5-8-17-7-3-4-9-19(17)20;3-1(4)2(5)6/h3-12,18,24-25H,13-16H2,1-2H3;(H,3,4)(H,5,6)/t18?,24-;/m1./s1. The molecule has 1 aliphatic rings. The molecule has 10 nitrogen and oxygen atoms in total. The quantitative estimate of drug-likeness (QED) is 0.298. The average molecular weight is 500 g/mol. The van der Waals surface area contributed by atoms with E-state index in [4.69, 9.17) is 43.5 Å². The van der Waals surface area contributed by atoms with Gasteiger partial charge in [-0.15, -0.1) is 0 Å². The molecule has 192 valence electrons. The van der Waals surface area contributed by atoms with E-state index in [1.54, 1.807) is 14.2 Å². The number of aliphatic carboxylic acids is 2. The van der Waals surface area contributed by atoms with Crippen molar-refractivity contribution in [2.45, 2.75) is 12.4 Å². The predicted octanol–water partition coefficient (Wildman–Crippen LogP) is 3.10. The van der Waals surface area contributed by atoms with Gasteiger partial charge in [0, 0.05) is 18.7 Å². The van der Waals surface area contributed by atoms with Crippen molar-refractivity contribution in [1.82, 2.24) is 5.32 Å². The van der Waals surface area contributed by atoms with Crippen molar-refractivity contribution < 1.29 is 43.5 Å². The Labute approximate surface area is 208 Å². The molecule has 0 radical (unpaired) electrons. The Bertz CT molecular complexity index is 1130. The Hall–Kier alpha value is -3.86. The molecule has 0 amide bonds. The topological polar surface area (TPSA) is 133 Å². The highest BCUT2D eigenvalue weighted by molar-refractivity contribution is 6.27. The number of carbonyl (C=O) groups is 2. The van der Waals surface area contributed by atoms with Gasteiger partial charge in [-0.3, -0.25) is 0 Å². The fourth-order valence-corrected chi connectivity index (χ4v) is 3.62. The van der Waals surface area contributed by atoms with Gasteiger partial charge in [-0.25, -0.2) is 9.59 Å². The van der Waals surface area contributed by atoms with E-state index in [0.29, 0.717) is 43.6 Å². The van der Waals surface area contributed by atoms with Crippen LogP contribution in [0.2, 0.25) is 0 Å². The van der Waals surface area contributed by atoms with Crippen molar-refractivity contribution in [3.8, 4) is 17.2 Å². The van der Waals surface area contributed by atoms with Gasteiger partial charge in [0.2, 0.25) is 5.75 Å². The number of methoxy groups -OCH3 is 2. The van der Waals surface area contributed by atoms with Crippen LogP contribution in [0.1, 0.15) is 11.9 Å². The minimum Gasteiger partial charge on any atom is -0.493 e. The van der Waals surface area contributed by atoms with Crippen LogP contribution in [0.3, 0.4) is 0 Å². The number of hydrogen-bond donors (Lipinski definition) is 3. The second kappa shape index (κ2) is 13.3. The molecule has 0 aromatic heterocycles. The SMILES string of the molecule is COc1cccc(OC)c1OCCNCC1CO[C@@H](c2cccc3ccccc23)O1.O=C(O)C(=O)O. The minimum absolute atomic E-state index is 0.00485. The summed E-state index contributed by atoms with van der Waals surface area (Å²) in [5.74, 6) is -1.73. The fourth-order valence-electron chi connectivity index (χ4n) is 3.62. The zero-order valence-corrected chi connectivity index (χ0v) is 20.0. The molecule has 0 saturated carbocycles. The number of hydrogen-bond acceptors (Lipinski definition) is 8. The van der Waals surface area contributed by atoms with Gasteiger partial charge in [-0.2, -0.15) is 0 Å². The number of nitrogens with one attached hydrogen (secondary N) is 1. The molecule has 36 heavy (non-hydrogen) atoms. The number of fused-ring (bicyclic) bond motifs is 1. The molecule has 1 heterocycles. The molecule has 3 aromatic rings. The number of rotatable bonds is 9. The molecule has 0 spiro atoms. The van der Waals surface area contributed by atoms with Crippen LogP contribution in [0.25, 0.3) is 10.8 Å². The lowest BCUT2D eigenvalue weighted by atomic mass is 10.0. The Morgan fingerprint density at radius 2 is 1.58 bits per heavy atom. The maximum absolute atomic E-state index is 9.10. The third kappa shape index (κ3) is 7.08. The minimum atomic E-state index is -1.82. The third-order valence-electron chi connectivity index (χ3n) is 5.29. The largest absolute Gasteiger partial charge is 0.493 e. The number of benzene rings is 3. The van der Waals surface area contributed by atoms with Crippen molar-refractivity contribution in [1.29, 1.82) is 0 Å². The maximum atomic E-state index is 9.10. The number of para-hydroxylation sites is 1. The highest BCUT2D eigenvalue weighted by atomic mass is 16.7. The number of ether oxygens (including phenoxy) is 5. The van der Waals surface area contributed by atoms with E-state index in [9.17, 15) is 0 Å². The van der Waals surface area contributed by atoms with E-state index in [1.165, 1.54) is 5.39 Å². The Balaban J connectivity index is 0.000000538. The molecule has 0 bridgehead atoms. The van der Waals surface area contributed by atoms with Crippen LogP contribution >= 0.6 is 0 Å². The second-order valence-electron chi connectivity index (χ2n) is 7.65. The van der Waals surface area contributed by atoms with Gasteiger partial charge in [0.25, 0.3) is 0 Å². The van der Waals surface area contributed by atoms with Gasteiger partial charge >= 0.3 is 11.9 Å². The summed E-state index contributed by atoms with van der Waals surface area (Å²) in [4.78, 5) is 18.2.